The summed E-state index contributed by atoms with van der Waals surface area (Å²) in [5.74, 6) is -0.151. The van der Waals surface area contributed by atoms with Crippen LogP contribution in [0.4, 0.5) is 0 Å². The summed E-state index contributed by atoms with van der Waals surface area (Å²) >= 11 is 0. The van der Waals surface area contributed by atoms with E-state index in [9.17, 15) is 9.59 Å². The molecule has 0 amide bonds. The Bertz CT molecular complexity index is 452. The van der Waals surface area contributed by atoms with Crippen LogP contribution in [0.5, 0.6) is 0 Å². The fourth-order valence-electron chi connectivity index (χ4n) is 3.25. The van der Waals surface area contributed by atoms with E-state index in [1.54, 1.807) is 13.0 Å². The molecule has 0 heterocycles. The van der Waals surface area contributed by atoms with E-state index < -0.39 is 0 Å². The summed E-state index contributed by atoms with van der Waals surface area (Å²) in [5.41, 5.74) is 0.442. The van der Waals surface area contributed by atoms with Crippen LogP contribution in [0.15, 0.2) is 24.3 Å². The summed E-state index contributed by atoms with van der Waals surface area (Å²) in [4.78, 5) is 23.4. The SMILES string of the molecule is C=C(C)C(=O)OC1CCC(/C=C/C(=O)OC2CCCCC2)CC1. The highest BCUT2D eigenvalue weighted by Gasteiger charge is 2.23. The van der Waals surface area contributed by atoms with Crippen molar-refractivity contribution in [3.63, 3.8) is 0 Å². The molecule has 0 saturated heterocycles. The molecular formula is C19H28O4. The number of hydrogen-bond acceptors (Lipinski definition) is 4. The lowest BCUT2D eigenvalue weighted by molar-refractivity contribution is -0.146. The molecule has 128 valence electrons. The van der Waals surface area contributed by atoms with Crippen LogP contribution in [0.3, 0.4) is 0 Å². The first-order valence-corrected chi connectivity index (χ1v) is 8.80. The van der Waals surface area contributed by atoms with Gasteiger partial charge in [0, 0.05) is 11.6 Å². The summed E-state index contributed by atoms with van der Waals surface area (Å²) in [6, 6.07) is 0. The molecule has 0 bridgehead atoms. The zero-order valence-electron chi connectivity index (χ0n) is 14.1. The fraction of sp³-hybridized carbons (Fsp3) is 0.684. The summed E-state index contributed by atoms with van der Waals surface area (Å²) in [7, 11) is 0. The van der Waals surface area contributed by atoms with Gasteiger partial charge in [-0.2, -0.15) is 0 Å². The maximum absolute atomic E-state index is 11.9. The van der Waals surface area contributed by atoms with Crippen molar-refractivity contribution in [3.8, 4) is 0 Å². The summed E-state index contributed by atoms with van der Waals surface area (Å²) < 4.78 is 10.9. The molecule has 0 aromatic carbocycles. The van der Waals surface area contributed by atoms with E-state index in [1.807, 2.05) is 6.08 Å². The van der Waals surface area contributed by atoms with Gasteiger partial charge in [0.05, 0.1) is 0 Å². The van der Waals surface area contributed by atoms with Crippen molar-refractivity contribution in [2.24, 2.45) is 5.92 Å². The van der Waals surface area contributed by atoms with Crippen molar-refractivity contribution >= 4 is 11.9 Å². The minimum absolute atomic E-state index is 0.0157. The van der Waals surface area contributed by atoms with Crippen LogP contribution in [0.1, 0.15) is 64.7 Å². The van der Waals surface area contributed by atoms with Crippen LogP contribution in [-0.2, 0) is 19.1 Å². The van der Waals surface area contributed by atoms with E-state index in [0.717, 1.165) is 51.4 Å². The summed E-state index contributed by atoms with van der Waals surface area (Å²) in [6.07, 6.45) is 12.8. The molecule has 2 rings (SSSR count). The molecule has 4 nitrogen and oxygen atoms in total. The quantitative estimate of drug-likeness (QED) is 0.565. The molecule has 4 heteroatoms. The van der Waals surface area contributed by atoms with Gasteiger partial charge in [0.15, 0.2) is 0 Å². The molecule has 23 heavy (non-hydrogen) atoms. The van der Waals surface area contributed by atoms with E-state index in [-0.39, 0.29) is 24.1 Å². The lowest BCUT2D eigenvalue weighted by Gasteiger charge is -2.26. The standard InChI is InChI=1S/C19H28O4/c1-14(2)19(21)23-17-11-8-15(9-12-17)10-13-18(20)22-16-6-4-3-5-7-16/h10,13,15-17H,1,3-9,11-12H2,2H3/b13-10+. The Morgan fingerprint density at radius 3 is 2.13 bits per heavy atom. The van der Waals surface area contributed by atoms with Crippen molar-refractivity contribution in [1.29, 1.82) is 0 Å². The second kappa shape index (κ2) is 8.90. The van der Waals surface area contributed by atoms with E-state index >= 15 is 0 Å². The molecule has 0 N–H and O–H groups in total. The molecule has 0 unspecified atom stereocenters. The van der Waals surface area contributed by atoms with Crippen molar-refractivity contribution in [1.82, 2.24) is 0 Å². The minimum atomic E-state index is -0.306. The van der Waals surface area contributed by atoms with Gasteiger partial charge >= 0.3 is 11.9 Å². The van der Waals surface area contributed by atoms with E-state index in [0.29, 0.717) is 11.5 Å². The maximum Gasteiger partial charge on any atom is 0.333 e. The second-order valence-electron chi connectivity index (χ2n) is 6.78. The number of ether oxygens (including phenoxy) is 2. The Morgan fingerprint density at radius 2 is 1.52 bits per heavy atom. The lowest BCUT2D eigenvalue weighted by Crippen LogP contribution is -2.24. The molecule has 0 aromatic heterocycles. The van der Waals surface area contributed by atoms with Gasteiger partial charge in [0.25, 0.3) is 0 Å². The summed E-state index contributed by atoms with van der Waals surface area (Å²) in [6.45, 7) is 5.26. The van der Waals surface area contributed by atoms with E-state index in [2.05, 4.69) is 6.58 Å². The average Bonchev–Trinajstić information content (AvgIpc) is 2.55. The number of esters is 2. The fourth-order valence-corrected chi connectivity index (χ4v) is 3.25. The van der Waals surface area contributed by atoms with Crippen LogP contribution in [0, 0.1) is 5.92 Å². The van der Waals surface area contributed by atoms with E-state index in [1.165, 1.54) is 6.42 Å². The molecule has 0 atom stereocenters. The minimum Gasteiger partial charge on any atom is -0.459 e. The Labute approximate surface area is 138 Å². The molecule has 2 saturated carbocycles. The highest BCUT2D eigenvalue weighted by Crippen LogP contribution is 2.28. The molecule has 2 aliphatic carbocycles. The van der Waals surface area contributed by atoms with Gasteiger partial charge in [0.2, 0.25) is 0 Å². The highest BCUT2D eigenvalue weighted by molar-refractivity contribution is 5.87. The molecule has 0 radical (unpaired) electrons. The first-order chi connectivity index (χ1) is 11.0. The van der Waals surface area contributed by atoms with Crippen molar-refractivity contribution in [2.45, 2.75) is 76.9 Å². The van der Waals surface area contributed by atoms with Gasteiger partial charge in [-0.25, -0.2) is 9.59 Å². The number of carbonyl (C=O) groups excluding carboxylic acids is 2. The molecule has 0 aromatic rings. The van der Waals surface area contributed by atoms with Crippen LogP contribution < -0.4 is 0 Å². The third-order valence-corrected chi connectivity index (χ3v) is 4.68. The van der Waals surface area contributed by atoms with Crippen LogP contribution in [0.2, 0.25) is 0 Å². The van der Waals surface area contributed by atoms with Gasteiger partial charge < -0.3 is 9.47 Å². The van der Waals surface area contributed by atoms with Crippen LogP contribution in [0.25, 0.3) is 0 Å². The van der Waals surface area contributed by atoms with Crippen molar-refractivity contribution in [2.75, 3.05) is 0 Å². The highest BCUT2D eigenvalue weighted by atomic mass is 16.5. The molecule has 2 fully saturated rings. The first kappa shape index (κ1) is 17.8. The lowest BCUT2D eigenvalue weighted by atomic mass is 9.87. The maximum atomic E-state index is 11.9. The third kappa shape index (κ3) is 6.20. The topological polar surface area (TPSA) is 52.6 Å². The third-order valence-electron chi connectivity index (χ3n) is 4.68. The average molecular weight is 320 g/mol. The Balaban J connectivity index is 1.67. The van der Waals surface area contributed by atoms with Crippen molar-refractivity contribution in [3.05, 3.63) is 24.3 Å². The zero-order valence-corrected chi connectivity index (χ0v) is 14.1. The number of allylic oxidation sites excluding steroid dienone is 1. The van der Waals surface area contributed by atoms with Crippen molar-refractivity contribution < 1.29 is 19.1 Å². The monoisotopic (exact) mass is 320 g/mol. The smallest absolute Gasteiger partial charge is 0.333 e. The van der Waals surface area contributed by atoms with Gasteiger partial charge in [-0.15, -0.1) is 0 Å². The largest absolute Gasteiger partial charge is 0.459 e. The molecule has 0 aliphatic heterocycles. The first-order valence-electron chi connectivity index (χ1n) is 8.80. The van der Waals surface area contributed by atoms with Crippen LogP contribution >= 0.6 is 0 Å². The van der Waals surface area contributed by atoms with Gasteiger partial charge in [0.1, 0.15) is 12.2 Å². The number of carbonyl (C=O) groups is 2. The molecular weight excluding hydrogens is 292 g/mol. The predicted molar refractivity (Wildman–Crippen MR) is 88.8 cm³/mol. The van der Waals surface area contributed by atoms with E-state index in [4.69, 9.17) is 9.47 Å². The molecule has 2 aliphatic rings. The molecule has 0 spiro atoms. The zero-order chi connectivity index (χ0) is 16.7. The predicted octanol–water partition coefficient (Wildman–Crippen LogP) is 4.10. The second-order valence-corrected chi connectivity index (χ2v) is 6.78. The number of rotatable bonds is 5. The van der Waals surface area contributed by atoms with Crippen LogP contribution in [-0.4, -0.2) is 24.1 Å². The Hall–Kier alpha value is -1.58. The number of hydrogen-bond donors (Lipinski definition) is 0. The Morgan fingerprint density at radius 1 is 0.913 bits per heavy atom. The van der Waals surface area contributed by atoms with Gasteiger partial charge in [-0.3, -0.25) is 0 Å². The van der Waals surface area contributed by atoms with Gasteiger partial charge in [-0.05, 0) is 64.2 Å². The van der Waals surface area contributed by atoms with Gasteiger partial charge in [-0.1, -0.05) is 19.1 Å². The normalized spacial score (nSPS) is 26.0. The summed E-state index contributed by atoms with van der Waals surface area (Å²) in [5, 5.41) is 0. The Kier molecular flexibility index (Phi) is 6.87.